The number of aromatic nitrogens is 1. The SMILES string of the molecule is CCCc1cc(CO)cc(Oc2ccc(F)c(Cl)c2)n1. The molecule has 106 valence electrons. The normalized spacial score (nSPS) is 10.6. The number of nitrogens with zero attached hydrogens (tertiary/aromatic N) is 1. The number of pyridine rings is 1. The van der Waals surface area contributed by atoms with Gasteiger partial charge < -0.3 is 9.84 Å². The Kier molecular flexibility index (Phi) is 4.93. The molecule has 0 saturated heterocycles. The molecule has 0 amide bonds. The van der Waals surface area contributed by atoms with Gasteiger partial charge in [-0.25, -0.2) is 9.37 Å². The van der Waals surface area contributed by atoms with Crippen LogP contribution in [0.3, 0.4) is 0 Å². The zero-order chi connectivity index (χ0) is 14.5. The zero-order valence-corrected chi connectivity index (χ0v) is 11.8. The Morgan fingerprint density at radius 3 is 2.75 bits per heavy atom. The van der Waals surface area contributed by atoms with Crippen molar-refractivity contribution in [2.75, 3.05) is 0 Å². The van der Waals surface area contributed by atoms with Crippen LogP contribution in [0.15, 0.2) is 30.3 Å². The minimum absolute atomic E-state index is 0.00501. The second kappa shape index (κ2) is 6.68. The summed E-state index contributed by atoms with van der Waals surface area (Å²) in [6.07, 6.45) is 1.75. The number of aliphatic hydroxyl groups is 1. The van der Waals surface area contributed by atoms with E-state index in [1.54, 1.807) is 6.07 Å². The maximum atomic E-state index is 13.1. The third-order valence-electron chi connectivity index (χ3n) is 2.72. The van der Waals surface area contributed by atoms with Crippen LogP contribution in [-0.2, 0) is 13.0 Å². The Bertz CT molecular complexity index is 604. The molecular weight excluding hydrogens is 281 g/mol. The van der Waals surface area contributed by atoms with Crippen molar-refractivity contribution in [3.8, 4) is 11.6 Å². The number of hydrogen-bond donors (Lipinski definition) is 1. The topological polar surface area (TPSA) is 42.4 Å². The minimum atomic E-state index is -0.497. The quantitative estimate of drug-likeness (QED) is 0.902. The first kappa shape index (κ1) is 14.8. The van der Waals surface area contributed by atoms with Crippen LogP contribution < -0.4 is 4.74 Å². The summed E-state index contributed by atoms with van der Waals surface area (Å²) >= 11 is 5.70. The van der Waals surface area contributed by atoms with Crippen LogP contribution in [0.5, 0.6) is 11.6 Å². The van der Waals surface area contributed by atoms with Gasteiger partial charge in [0.25, 0.3) is 0 Å². The number of halogens is 2. The summed E-state index contributed by atoms with van der Waals surface area (Å²) in [4.78, 5) is 4.35. The van der Waals surface area contributed by atoms with E-state index in [-0.39, 0.29) is 11.6 Å². The highest BCUT2D eigenvalue weighted by molar-refractivity contribution is 6.30. The smallest absolute Gasteiger partial charge is 0.219 e. The molecule has 0 atom stereocenters. The van der Waals surface area contributed by atoms with Crippen molar-refractivity contribution in [2.45, 2.75) is 26.4 Å². The van der Waals surface area contributed by atoms with Crippen LogP contribution in [0.4, 0.5) is 4.39 Å². The average Bonchev–Trinajstić information content (AvgIpc) is 2.43. The number of benzene rings is 1. The van der Waals surface area contributed by atoms with Crippen molar-refractivity contribution in [2.24, 2.45) is 0 Å². The van der Waals surface area contributed by atoms with E-state index in [0.717, 1.165) is 24.1 Å². The molecule has 0 aliphatic carbocycles. The first-order chi connectivity index (χ1) is 9.62. The van der Waals surface area contributed by atoms with Gasteiger partial charge in [-0.3, -0.25) is 0 Å². The van der Waals surface area contributed by atoms with Gasteiger partial charge in [0.15, 0.2) is 0 Å². The fourth-order valence-corrected chi connectivity index (χ4v) is 1.98. The predicted molar refractivity (Wildman–Crippen MR) is 75.6 cm³/mol. The molecule has 0 saturated carbocycles. The lowest BCUT2D eigenvalue weighted by Gasteiger charge is -2.09. The molecule has 3 nitrogen and oxygen atoms in total. The lowest BCUT2D eigenvalue weighted by atomic mass is 10.2. The first-order valence-electron chi connectivity index (χ1n) is 6.36. The molecule has 2 aromatic rings. The molecule has 1 heterocycles. The molecule has 0 bridgehead atoms. The van der Waals surface area contributed by atoms with Gasteiger partial charge in [0.05, 0.1) is 11.6 Å². The van der Waals surface area contributed by atoms with Crippen molar-refractivity contribution >= 4 is 11.6 Å². The Hall–Kier alpha value is -1.65. The third kappa shape index (κ3) is 3.68. The van der Waals surface area contributed by atoms with Crippen LogP contribution in [0, 0.1) is 5.82 Å². The summed E-state index contributed by atoms with van der Waals surface area (Å²) in [6, 6.07) is 7.60. The van der Waals surface area contributed by atoms with E-state index in [1.165, 1.54) is 18.2 Å². The molecule has 1 N–H and O–H groups in total. The molecule has 1 aromatic carbocycles. The molecule has 0 aliphatic rings. The molecule has 0 aliphatic heterocycles. The Morgan fingerprint density at radius 2 is 2.10 bits per heavy atom. The summed E-state index contributed by atoms with van der Waals surface area (Å²) in [5, 5.41) is 9.24. The Balaban J connectivity index is 2.27. The molecule has 0 unspecified atom stereocenters. The molecule has 20 heavy (non-hydrogen) atoms. The van der Waals surface area contributed by atoms with Crippen LogP contribution >= 0.6 is 11.6 Å². The summed E-state index contributed by atoms with van der Waals surface area (Å²) in [5.41, 5.74) is 1.58. The summed E-state index contributed by atoms with van der Waals surface area (Å²) in [7, 11) is 0. The van der Waals surface area contributed by atoms with E-state index in [0.29, 0.717) is 11.6 Å². The number of aliphatic hydroxyl groups excluding tert-OH is 1. The number of aryl methyl sites for hydroxylation is 1. The van der Waals surface area contributed by atoms with Gasteiger partial charge in [-0.05, 0) is 30.2 Å². The van der Waals surface area contributed by atoms with Gasteiger partial charge in [-0.2, -0.15) is 0 Å². The highest BCUT2D eigenvalue weighted by atomic mass is 35.5. The fourth-order valence-electron chi connectivity index (χ4n) is 1.81. The molecule has 0 fully saturated rings. The van der Waals surface area contributed by atoms with Crippen molar-refractivity contribution in [1.82, 2.24) is 4.98 Å². The van der Waals surface area contributed by atoms with E-state index < -0.39 is 5.82 Å². The van der Waals surface area contributed by atoms with Crippen LogP contribution in [-0.4, -0.2) is 10.1 Å². The Labute approximate surface area is 122 Å². The summed E-state index contributed by atoms with van der Waals surface area (Å²) in [6.45, 7) is 1.97. The minimum Gasteiger partial charge on any atom is -0.439 e. The summed E-state index contributed by atoms with van der Waals surface area (Å²) < 4.78 is 18.7. The van der Waals surface area contributed by atoms with Crippen molar-refractivity contribution < 1.29 is 14.2 Å². The molecule has 0 radical (unpaired) electrons. The van der Waals surface area contributed by atoms with Crippen molar-refractivity contribution in [3.63, 3.8) is 0 Å². The lowest BCUT2D eigenvalue weighted by Crippen LogP contribution is -1.97. The average molecular weight is 296 g/mol. The largest absolute Gasteiger partial charge is 0.439 e. The molecular formula is C15H15ClFNO2. The Morgan fingerprint density at radius 1 is 1.30 bits per heavy atom. The van der Waals surface area contributed by atoms with E-state index in [9.17, 15) is 9.50 Å². The van der Waals surface area contributed by atoms with E-state index in [4.69, 9.17) is 16.3 Å². The van der Waals surface area contributed by atoms with Crippen LogP contribution in [0.2, 0.25) is 5.02 Å². The first-order valence-corrected chi connectivity index (χ1v) is 6.73. The molecule has 0 spiro atoms. The fraction of sp³-hybridized carbons (Fsp3) is 0.267. The van der Waals surface area contributed by atoms with Crippen LogP contribution in [0.25, 0.3) is 0 Å². The van der Waals surface area contributed by atoms with Gasteiger partial charge in [0.1, 0.15) is 11.6 Å². The second-order valence-electron chi connectivity index (χ2n) is 4.39. The summed E-state index contributed by atoms with van der Waals surface area (Å²) in [5.74, 6) is 0.270. The van der Waals surface area contributed by atoms with Crippen molar-refractivity contribution in [3.05, 3.63) is 52.4 Å². The highest BCUT2D eigenvalue weighted by Crippen LogP contribution is 2.26. The van der Waals surface area contributed by atoms with Crippen LogP contribution in [0.1, 0.15) is 24.6 Å². The molecule has 1 aromatic heterocycles. The number of ether oxygens (including phenoxy) is 1. The van der Waals surface area contributed by atoms with E-state index >= 15 is 0 Å². The van der Waals surface area contributed by atoms with Gasteiger partial charge in [0, 0.05) is 17.8 Å². The van der Waals surface area contributed by atoms with E-state index in [2.05, 4.69) is 4.98 Å². The maximum absolute atomic E-state index is 13.1. The van der Waals surface area contributed by atoms with Gasteiger partial charge in [-0.1, -0.05) is 24.9 Å². The lowest BCUT2D eigenvalue weighted by molar-refractivity contribution is 0.280. The third-order valence-corrected chi connectivity index (χ3v) is 3.01. The van der Waals surface area contributed by atoms with Crippen molar-refractivity contribution in [1.29, 1.82) is 0 Å². The molecule has 5 heteroatoms. The standard InChI is InChI=1S/C15H15ClFNO2/c1-2-3-11-6-10(9-19)7-15(18-11)20-12-4-5-14(17)13(16)8-12/h4-8,19H,2-3,9H2,1H3. The number of hydrogen-bond acceptors (Lipinski definition) is 3. The van der Waals surface area contributed by atoms with Gasteiger partial charge >= 0.3 is 0 Å². The van der Waals surface area contributed by atoms with E-state index in [1.807, 2.05) is 13.0 Å². The highest BCUT2D eigenvalue weighted by Gasteiger charge is 2.07. The second-order valence-corrected chi connectivity index (χ2v) is 4.80. The number of rotatable bonds is 5. The maximum Gasteiger partial charge on any atom is 0.219 e. The predicted octanol–water partition coefficient (Wildman–Crippen LogP) is 4.11. The zero-order valence-electron chi connectivity index (χ0n) is 11.1. The molecule has 2 rings (SSSR count). The van der Waals surface area contributed by atoms with Gasteiger partial charge in [-0.15, -0.1) is 0 Å². The van der Waals surface area contributed by atoms with Gasteiger partial charge in [0.2, 0.25) is 5.88 Å². The monoisotopic (exact) mass is 295 g/mol.